The summed E-state index contributed by atoms with van der Waals surface area (Å²) in [4.78, 5) is 37.1. The van der Waals surface area contributed by atoms with E-state index in [1.807, 2.05) is 54.6 Å². The Morgan fingerprint density at radius 3 is 2.31 bits per heavy atom. The molecule has 0 spiro atoms. The zero-order valence-electron chi connectivity index (χ0n) is 25.4. The summed E-state index contributed by atoms with van der Waals surface area (Å²) in [6.07, 6.45) is 5.83. The van der Waals surface area contributed by atoms with Crippen molar-refractivity contribution in [1.29, 1.82) is 0 Å². The number of nitrogens with one attached hydrogen (secondary N) is 2. The molecule has 0 saturated carbocycles. The molecule has 0 aliphatic carbocycles. The molecule has 0 radical (unpaired) electrons. The van der Waals surface area contributed by atoms with Gasteiger partial charge in [0.2, 0.25) is 17.8 Å². The van der Waals surface area contributed by atoms with Crippen LogP contribution >= 0.6 is 0 Å². The summed E-state index contributed by atoms with van der Waals surface area (Å²) >= 11 is 0. The fraction of sp³-hybridized carbons (Fsp3) is 0.455. The lowest BCUT2D eigenvalue weighted by Gasteiger charge is -2.40. The van der Waals surface area contributed by atoms with E-state index in [9.17, 15) is 14.7 Å². The van der Waals surface area contributed by atoms with E-state index in [2.05, 4.69) is 25.1 Å². The lowest BCUT2D eigenvalue weighted by Crippen LogP contribution is -2.50. The Kier molecular flexibility index (Phi) is 11.8. The number of amides is 2. The smallest absolute Gasteiger partial charge is 0.243 e. The van der Waals surface area contributed by atoms with Crippen molar-refractivity contribution in [2.45, 2.75) is 63.6 Å². The SMILES string of the molecule is O=C(CCCCCC(=O)Nc1cccc([C@@H]2O[C@H](CN3CCN(c4ncccn4)CC3)C[C@H](c3ccc(CO)cc3)O2)c1)NO. The van der Waals surface area contributed by atoms with E-state index >= 15 is 0 Å². The molecular weight excluding hydrogens is 576 g/mol. The predicted molar refractivity (Wildman–Crippen MR) is 167 cm³/mol. The van der Waals surface area contributed by atoms with E-state index in [-0.39, 0.29) is 31.1 Å². The molecule has 2 amide bonds. The number of hydroxylamine groups is 1. The number of ether oxygens (including phenoxy) is 2. The number of nitrogens with zero attached hydrogens (tertiary/aromatic N) is 4. The summed E-state index contributed by atoms with van der Waals surface area (Å²) < 4.78 is 13.1. The molecule has 2 fully saturated rings. The van der Waals surface area contributed by atoms with Gasteiger partial charge in [0.05, 0.1) is 18.8 Å². The highest BCUT2D eigenvalue weighted by Crippen LogP contribution is 2.38. The van der Waals surface area contributed by atoms with Gasteiger partial charge in [-0.15, -0.1) is 0 Å². The van der Waals surface area contributed by atoms with Gasteiger partial charge in [-0.1, -0.05) is 42.8 Å². The van der Waals surface area contributed by atoms with Gasteiger partial charge in [0.25, 0.3) is 0 Å². The summed E-state index contributed by atoms with van der Waals surface area (Å²) in [7, 11) is 0. The van der Waals surface area contributed by atoms with Crippen molar-refractivity contribution >= 4 is 23.5 Å². The first-order chi connectivity index (χ1) is 22.0. The molecular formula is C33H42N6O6. The second-order valence-corrected chi connectivity index (χ2v) is 11.5. The first-order valence-corrected chi connectivity index (χ1v) is 15.6. The number of anilines is 2. The number of aliphatic hydroxyl groups excluding tert-OH is 1. The fourth-order valence-electron chi connectivity index (χ4n) is 5.70. The van der Waals surface area contributed by atoms with Gasteiger partial charge >= 0.3 is 0 Å². The van der Waals surface area contributed by atoms with Gasteiger partial charge in [-0.2, -0.15) is 0 Å². The summed E-state index contributed by atoms with van der Waals surface area (Å²) in [5.41, 5.74) is 4.97. The Hall–Kier alpha value is -3.94. The molecule has 1 aromatic heterocycles. The topological polar surface area (TPSA) is 149 Å². The third-order valence-corrected chi connectivity index (χ3v) is 8.16. The molecule has 5 rings (SSSR count). The maximum Gasteiger partial charge on any atom is 0.243 e. The first-order valence-electron chi connectivity index (χ1n) is 15.6. The average molecular weight is 619 g/mol. The third-order valence-electron chi connectivity index (χ3n) is 8.16. The molecule has 3 aromatic rings. The average Bonchev–Trinajstić information content (AvgIpc) is 3.08. The summed E-state index contributed by atoms with van der Waals surface area (Å²) in [5.74, 6) is 0.227. The molecule has 0 bridgehead atoms. The Labute approximate surface area is 263 Å². The molecule has 2 saturated heterocycles. The molecule has 2 aliphatic heterocycles. The van der Waals surface area contributed by atoms with Crippen LogP contribution in [-0.4, -0.2) is 75.8 Å². The van der Waals surface area contributed by atoms with Gasteiger partial charge in [0.15, 0.2) is 6.29 Å². The maximum atomic E-state index is 12.6. The number of piperazine rings is 1. The quantitative estimate of drug-likeness (QED) is 0.127. The minimum Gasteiger partial charge on any atom is -0.392 e. The van der Waals surface area contributed by atoms with Crippen LogP contribution in [0.5, 0.6) is 0 Å². The normalized spacial score (nSPS) is 20.5. The van der Waals surface area contributed by atoms with Crippen LogP contribution in [0.15, 0.2) is 67.0 Å². The molecule has 45 heavy (non-hydrogen) atoms. The minimum absolute atomic E-state index is 0.0143. The van der Waals surface area contributed by atoms with E-state index in [0.717, 1.165) is 55.4 Å². The van der Waals surface area contributed by atoms with Gasteiger partial charge in [0, 0.05) is 75.6 Å². The van der Waals surface area contributed by atoms with Crippen molar-refractivity contribution < 1.29 is 29.4 Å². The monoisotopic (exact) mass is 618 g/mol. The van der Waals surface area contributed by atoms with Gasteiger partial charge in [-0.3, -0.25) is 19.7 Å². The minimum atomic E-state index is -0.625. The van der Waals surface area contributed by atoms with Gasteiger partial charge < -0.3 is 24.8 Å². The van der Waals surface area contributed by atoms with Crippen LogP contribution in [0.1, 0.15) is 67.6 Å². The van der Waals surface area contributed by atoms with Crippen LogP contribution in [-0.2, 0) is 25.7 Å². The summed E-state index contributed by atoms with van der Waals surface area (Å²) in [6, 6.07) is 17.2. The molecule has 3 heterocycles. The van der Waals surface area contributed by atoms with Crippen molar-refractivity contribution in [3.63, 3.8) is 0 Å². The lowest BCUT2D eigenvalue weighted by molar-refractivity contribution is -0.253. The maximum absolute atomic E-state index is 12.6. The number of unbranched alkanes of at least 4 members (excludes halogenated alkanes) is 2. The number of carbonyl (C=O) groups excluding carboxylic acids is 2. The number of hydrogen-bond acceptors (Lipinski definition) is 10. The van der Waals surface area contributed by atoms with Crippen molar-refractivity contribution in [1.82, 2.24) is 20.3 Å². The van der Waals surface area contributed by atoms with Crippen molar-refractivity contribution in [2.24, 2.45) is 0 Å². The van der Waals surface area contributed by atoms with Crippen LogP contribution in [0.25, 0.3) is 0 Å². The van der Waals surface area contributed by atoms with Crippen LogP contribution in [0.4, 0.5) is 11.6 Å². The van der Waals surface area contributed by atoms with E-state index in [0.29, 0.717) is 37.8 Å². The number of aliphatic hydroxyl groups is 1. The third kappa shape index (κ3) is 9.52. The standard InChI is InChI=1S/C33H42N6O6/c40-23-24-10-12-25(13-11-24)29-21-28(22-38-16-18-39(19-17-38)33-34-14-5-15-35-33)44-32(45-29)26-6-4-7-27(20-26)36-30(41)8-2-1-3-9-31(42)37-43/h4-7,10-15,20,28-29,32,40,43H,1-3,8-9,16-19,21-23H2,(H,36,41)(H,37,42)/t28-,29+,32+/m0/s1. The summed E-state index contributed by atoms with van der Waals surface area (Å²) in [6.45, 7) is 4.15. The predicted octanol–water partition coefficient (Wildman–Crippen LogP) is 3.73. The first kappa shape index (κ1) is 32.5. The molecule has 4 N–H and O–H groups in total. The fourth-order valence-corrected chi connectivity index (χ4v) is 5.70. The second kappa shape index (κ2) is 16.4. The molecule has 3 atom stereocenters. The number of hydrogen-bond donors (Lipinski definition) is 4. The Bertz CT molecular complexity index is 1370. The van der Waals surface area contributed by atoms with Crippen LogP contribution in [0.3, 0.4) is 0 Å². The highest BCUT2D eigenvalue weighted by atomic mass is 16.7. The van der Waals surface area contributed by atoms with Crippen molar-refractivity contribution in [2.75, 3.05) is 42.9 Å². The molecule has 12 heteroatoms. The van der Waals surface area contributed by atoms with Crippen molar-refractivity contribution in [3.8, 4) is 0 Å². The molecule has 0 unspecified atom stereocenters. The van der Waals surface area contributed by atoms with Crippen LogP contribution < -0.4 is 15.7 Å². The molecule has 2 aliphatic rings. The van der Waals surface area contributed by atoms with E-state index in [1.54, 1.807) is 17.9 Å². The van der Waals surface area contributed by atoms with Gasteiger partial charge in [0.1, 0.15) is 0 Å². The molecule has 12 nitrogen and oxygen atoms in total. The van der Waals surface area contributed by atoms with Gasteiger partial charge in [-0.25, -0.2) is 15.4 Å². The zero-order valence-corrected chi connectivity index (χ0v) is 25.4. The molecule has 240 valence electrons. The Morgan fingerprint density at radius 2 is 1.60 bits per heavy atom. The second-order valence-electron chi connectivity index (χ2n) is 11.5. The number of rotatable bonds is 13. The van der Waals surface area contributed by atoms with Crippen LogP contribution in [0, 0.1) is 0 Å². The summed E-state index contributed by atoms with van der Waals surface area (Å²) in [5, 5.41) is 21.1. The van der Waals surface area contributed by atoms with Gasteiger partial charge in [-0.05, 0) is 42.2 Å². The molecule has 2 aromatic carbocycles. The van der Waals surface area contributed by atoms with Crippen LogP contribution in [0.2, 0.25) is 0 Å². The van der Waals surface area contributed by atoms with E-state index < -0.39 is 12.2 Å². The highest BCUT2D eigenvalue weighted by molar-refractivity contribution is 5.90. The largest absolute Gasteiger partial charge is 0.392 e. The zero-order chi connectivity index (χ0) is 31.4. The Balaban J connectivity index is 1.21. The van der Waals surface area contributed by atoms with E-state index in [4.69, 9.17) is 14.7 Å². The van der Waals surface area contributed by atoms with E-state index in [1.165, 1.54) is 0 Å². The number of benzene rings is 2. The van der Waals surface area contributed by atoms with Crippen molar-refractivity contribution in [3.05, 3.63) is 83.7 Å². The Morgan fingerprint density at radius 1 is 0.867 bits per heavy atom. The number of aromatic nitrogens is 2. The number of carbonyl (C=O) groups is 2. The lowest BCUT2D eigenvalue weighted by atomic mass is 9.99. The highest BCUT2D eigenvalue weighted by Gasteiger charge is 2.34.